The highest BCUT2D eigenvalue weighted by Crippen LogP contribution is 2.56. The van der Waals surface area contributed by atoms with E-state index in [0.29, 0.717) is 5.56 Å². The van der Waals surface area contributed by atoms with Crippen LogP contribution in [0, 0.1) is 11.6 Å². The zero-order chi connectivity index (χ0) is 14.2. The molecule has 0 aliphatic heterocycles. The minimum Gasteiger partial charge on any atom is -0.271 e. The highest BCUT2D eigenvalue weighted by atomic mass is 19.1. The molecule has 0 heterocycles. The molecule has 1 saturated carbocycles. The fourth-order valence-corrected chi connectivity index (χ4v) is 2.97. The zero-order valence-electron chi connectivity index (χ0n) is 10.9. The van der Waals surface area contributed by atoms with Crippen LogP contribution in [0.25, 0.3) is 0 Å². The summed E-state index contributed by atoms with van der Waals surface area (Å²) in [6.45, 7) is 0. The number of nitrogens with two attached hydrogens (primary N) is 1. The van der Waals surface area contributed by atoms with Gasteiger partial charge in [0.05, 0.1) is 6.04 Å². The first-order valence-corrected chi connectivity index (χ1v) is 6.63. The summed E-state index contributed by atoms with van der Waals surface area (Å²) in [6, 6.07) is 13.2. The van der Waals surface area contributed by atoms with Crippen LogP contribution in [-0.4, -0.2) is 0 Å². The summed E-state index contributed by atoms with van der Waals surface area (Å²) < 4.78 is 26.9. The van der Waals surface area contributed by atoms with E-state index in [1.54, 1.807) is 0 Å². The molecule has 2 aromatic carbocycles. The normalized spacial score (nSPS) is 17.8. The Kier molecular flexibility index (Phi) is 3.28. The van der Waals surface area contributed by atoms with Gasteiger partial charge in [-0.05, 0) is 36.1 Å². The molecule has 3 rings (SSSR count). The summed E-state index contributed by atoms with van der Waals surface area (Å²) >= 11 is 0. The Labute approximate surface area is 116 Å². The summed E-state index contributed by atoms with van der Waals surface area (Å²) in [5, 5.41) is 0. The minimum atomic E-state index is -0.580. The molecule has 0 spiro atoms. The number of halogens is 2. The van der Waals surface area contributed by atoms with Gasteiger partial charge in [0.1, 0.15) is 11.6 Å². The molecule has 1 atom stereocenters. The SMILES string of the molecule is NNC(c1cc(F)cc(F)c1)C1(c2ccccc2)CC1. The molecule has 1 unspecified atom stereocenters. The third-order valence-electron chi connectivity index (χ3n) is 4.07. The molecule has 0 bridgehead atoms. The third-order valence-corrected chi connectivity index (χ3v) is 4.07. The maximum atomic E-state index is 13.4. The van der Waals surface area contributed by atoms with Crippen molar-refractivity contribution in [3.05, 3.63) is 71.3 Å². The van der Waals surface area contributed by atoms with Gasteiger partial charge in [-0.15, -0.1) is 0 Å². The summed E-state index contributed by atoms with van der Waals surface area (Å²) in [5.74, 6) is 4.51. The Morgan fingerprint density at radius 1 is 1.00 bits per heavy atom. The first kappa shape index (κ1) is 13.2. The lowest BCUT2D eigenvalue weighted by Crippen LogP contribution is -2.36. The summed E-state index contributed by atoms with van der Waals surface area (Å²) in [7, 11) is 0. The van der Waals surface area contributed by atoms with Gasteiger partial charge in [0.25, 0.3) is 0 Å². The lowest BCUT2D eigenvalue weighted by molar-refractivity contribution is 0.434. The number of benzene rings is 2. The van der Waals surface area contributed by atoms with Crippen molar-refractivity contribution in [1.82, 2.24) is 5.43 Å². The van der Waals surface area contributed by atoms with E-state index >= 15 is 0 Å². The van der Waals surface area contributed by atoms with Crippen LogP contribution < -0.4 is 11.3 Å². The standard InChI is InChI=1S/C16H16F2N2/c17-13-8-11(9-14(18)10-13)15(20-19)16(6-7-16)12-4-2-1-3-5-12/h1-5,8-10,15,20H,6-7,19H2. The van der Waals surface area contributed by atoms with Gasteiger partial charge in [0.15, 0.2) is 0 Å². The van der Waals surface area contributed by atoms with Crippen molar-refractivity contribution in [2.45, 2.75) is 24.3 Å². The Hall–Kier alpha value is -1.78. The van der Waals surface area contributed by atoms with E-state index in [1.807, 2.05) is 30.3 Å². The maximum absolute atomic E-state index is 13.4. The average Bonchev–Trinajstić information content (AvgIpc) is 3.21. The molecular formula is C16H16F2N2. The van der Waals surface area contributed by atoms with E-state index in [0.717, 1.165) is 24.5 Å². The molecule has 0 amide bonds. The van der Waals surface area contributed by atoms with Gasteiger partial charge in [-0.3, -0.25) is 11.3 Å². The van der Waals surface area contributed by atoms with Crippen molar-refractivity contribution in [1.29, 1.82) is 0 Å². The molecule has 1 aliphatic rings. The van der Waals surface area contributed by atoms with Gasteiger partial charge < -0.3 is 0 Å². The predicted octanol–water partition coefficient (Wildman–Crippen LogP) is 3.20. The van der Waals surface area contributed by atoms with E-state index in [2.05, 4.69) is 5.43 Å². The van der Waals surface area contributed by atoms with Crippen molar-refractivity contribution in [3.8, 4) is 0 Å². The molecular weight excluding hydrogens is 258 g/mol. The summed E-state index contributed by atoms with van der Waals surface area (Å²) in [5.41, 5.74) is 4.26. The van der Waals surface area contributed by atoms with Gasteiger partial charge in [-0.2, -0.15) is 0 Å². The Bertz CT molecular complexity index is 589. The molecule has 0 radical (unpaired) electrons. The quantitative estimate of drug-likeness (QED) is 0.663. The predicted molar refractivity (Wildman–Crippen MR) is 73.8 cm³/mol. The van der Waals surface area contributed by atoms with Crippen LogP contribution >= 0.6 is 0 Å². The second kappa shape index (κ2) is 4.96. The van der Waals surface area contributed by atoms with Crippen LogP contribution in [0.1, 0.15) is 30.0 Å². The van der Waals surface area contributed by atoms with Gasteiger partial charge in [-0.1, -0.05) is 30.3 Å². The van der Waals surface area contributed by atoms with Crippen LogP contribution in [0.15, 0.2) is 48.5 Å². The second-order valence-corrected chi connectivity index (χ2v) is 5.32. The first-order chi connectivity index (χ1) is 9.65. The van der Waals surface area contributed by atoms with Crippen molar-refractivity contribution >= 4 is 0 Å². The molecule has 0 aromatic heterocycles. The average molecular weight is 274 g/mol. The molecule has 20 heavy (non-hydrogen) atoms. The molecule has 2 nitrogen and oxygen atoms in total. The molecule has 1 aliphatic carbocycles. The fourth-order valence-electron chi connectivity index (χ4n) is 2.97. The molecule has 4 heteroatoms. The van der Waals surface area contributed by atoms with Gasteiger partial charge in [0, 0.05) is 11.5 Å². The molecule has 3 N–H and O–H groups in total. The van der Waals surface area contributed by atoms with Crippen molar-refractivity contribution in [2.24, 2.45) is 5.84 Å². The van der Waals surface area contributed by atoms with Crippen molar-refractivity contribution < 1.29 is 8.78 Å². The number of hydrogen-bond acceptors (Lipinski definition) is 2. The zero-order valence-corrected chi connectivity index (χ0v) is 10.9. The highest BCUT2D eigenvalue weighted by molar-refractivity contribution is 5.38. The number of hydrogen-bond donors (Lipinski definition) is 2. The van der Waals surface area contributed by atoms with E-state index in [9.17, 15) is 8.78 Å². The van der Waals surface area contributed by atoms with Crippen molar-refractivity contribution in [2.75, 3.05) is 0 Å². The van der Waals surface area contributed by atoms with E-state index in [4.69, 9.17) is 5.84 Å². The van der Waals surface area contributed by atoms with E-state index < -0.39 is 11.6 Å². The number of rotatable bonds is 4. The maximum Gasteiger partial charge on any atom is 0.126 e. The fraction of sp³-hybridized carbons (Fsp3) is 0.250. The van der Waals surface area contributed by atoms with Gasteiger partial charge >= 0.3 is 0 Å². The lowest BCUT2D eigenvalue weighted by atomic mass is 9.84. The highest BCUT2D eigenvalue weighted by Gasteiger charge is 2.51. The van der Waals surface area contributed by atoms with Crippen LogP contribution in [0.2, 0.25) is 0 Å². The smallest absolute Gasteiger partial charge is 0.126 e. The van der Waals surface area contributed by atoms with E-state index in [-0.39, 0.29) is 11.5 Å². The topological polar surface area (TPSA) is 38.0 Å². The monoisotopic (exact) mass is 274 g/mol. The second-order valence-electron chi connectivity index (χ2n) is 5.32. The Morgan fingerprint density at radius 3 is 2.10 bits per heavy atom. The van der Waals surface area contributed by atoms with Crippen molar-refractivity contribution in [3.63, 3.8) is 0 Å². The molecule has 0 saturated heterocycles. The first-order valence-electron chi connectivity index (χ1n) is 6.63. The molecule has 104 valence electrons. The molecule has 1 fully saturated rings. The van der Waals surface area contributed by atoms with Gasteiger partial charge in [-0.25, -0.2) is 8.78 Å². The van der Waals surface area contributed by atoms with Crippen LogP contribution in [-0.2, 0) is 5.41 Å². The van der Waals surface area contributed by atoms with Crippen LogP contribution in [0.5, 0.6) is 0 Å². The Morgan fingerprint density at radius 2 is 1.60 bits per heavy atom. The van der Waals surface area contributed by atoms with Gasteiger partial charge in [0.2, 0.25) is 0 Å². The number of nitrogens with one attached hydrogen (secondary N) is 1. The Balaban J connectivity index is 2.02. The largest absolute Gasteiger partial charge is 0.271 e. The van der Waals surface area contributed by atoms with Crippen LogP contribution in [0.3, 0.4) is 0 Å². The van der Waals surface area contributed by atoms with E-state index in [1.165, 1.54) is 12.1 Å². The summed E-state index contributed by atoms with van der Waals surface area (Å²) in [4.78, 5) is 0. The molecule has 2 aromatic rings. The van der Waals surface area contributed by atoms with Crippen LogP contribution in [0.4, 0.5) is 8.78 Å². The lowest BCUT2D eigenvalue weighted by Gasteiger charge is -2.27. The minimum absolute atomic E-state index is 0.170. The third kappa shape index (κ3) is 2.21. The summed E-state index contributed by atoms with van der Waals surface area (Å²) in [6.07, 6.45) is 1.90. The number of hydrazine groups is 1.